The predicted octanol–water partition coefficient (Wildman–Crippen LogP) is 1.18. The van der Waals surface area contributed by atoms with Gasteiger partial charge in [0.2, 0.25) is 0 Å². The average Bonchev–Trinajstić information content (AvgIpc) is 1.92. The van der Waals surface area contributed by atoms with E-state index in [2.05, 4.69) is 32.6 Å². The number of piperazine rings is 1. The van der Waals surface area contributed by atoms with Gasteiger partial charge in [0.25, 0.3) is 0 Å². The van der Waals surface area contributed by atoms with E-state index in [0.29, 0.717) is 0 Å². The normalized spacial score (nSPS) is 29.2. The fourth-order valence-electron chi connectivity index (χ4n) is 1.56. The Bertz CT molecular complexity index is 153. The summed E-state index contributed by atoms with van der Waals surface area (Å²) in [5.74, 6) is 0. The molecule has 1 rings (SSSR count). The average molecular weight is 172 g/mol. The van der Waals surface area contributed by atoms with Gasteiger partial charge in [-0.3, -0.25) is 4.90 Å². The van der Waals surface area contributed by atoms with Crippen molar-refractivity contribution in [3.8, 4) is 0 Å². The Morgan fingerprint density at radius 1 is 1.25 bits per heavy atom. The van der Waals surface area contributed by atoms with E-state index >= 15 is 0 Å². The zero-order valence-electron chi connectivity index (χ0n) is 8.54. The maximum absolute atomic E-state index is 9.37. The Morgan fingerprint density at radius 2 is 1.83 bits per heavy atom. The fourth-order valence-corrected chi connectivity index (χ4v) is 1.56. The summed E-state index contributed by atoms with van der Waals surface area (Å²) in [6.45, 7) is 11.4. The number of hydrogen-bond donors (Lipinski definition) is 1. The molecule has 0 aromatic heterocycles. The molecule has 1 atom stereocenters. The van der Waals surface area contributed by atoms with Gasteiger partial charge in [-0.15, -0.1) is 0 Å². The van der Waals surface area contributed by atoms with E-state index in [9.17, 15) is 5.21 Å². The number of hydroxylamine groups is 2. The summed E-state index contributed by atoms with van der Waals surface area (Å²) < 4.78 is 0. The van der Waals surface area contributed by atoms with E-state index in [0.717, 1.165) is 19.6 Å². The first-order chi connectivity index (χ1) is 5.41. The van der Waals surface area contributed by atoms with Crippen LogP contribution in [-0.2, 0) is 0 Å². The molecule has 1 heterocycles. The van der Waals surface area contributed by atoms with Gasteiger partial charge in [-0.1, -0.05) is 0 Å². The van der Waals surface area contributed by atoms with Crippen molar-refractivity contribution in [2.75, 3.05) is 19.6 Å². The Kier molecular flexibility index (Phi) is 2.76. The summed E-state index contributed by atoms with van der Waals surface area (Å²) >= 11 is 0. The summed E-state index contributed by atoms with van der Waals surface area (Å²) in [6.07, 6.45) is 0. The smallest absolute Gasteiger partial charge is 0.0449 e. The van der Waals surface area contributed by atoms with Crippen LogP contribution in [0.5, 0.6) is 0 Å². The molecule has 3 heteroatoms. The van der Waals surface area contributed by atoms with E-state index < -0.39 is 0 Å². The van der Waals surface area contributed by atoms with Crippen LogP contribution in [0.2, 0.25) is 0 Å². The monoisotopic (exact) mass is 172 g/mol. The molecule has 0 aromatic carbocycles. The van der Waals surface area contributed by atoms with Crippen molar-refractivity contribution < 1.29 is 5.21 Å². The van der Waals surface area contributed by atoms with Gasteiger partial charge in [0.05, 0.1) is 0 Å². The molecule has 0 aliphatic carbocycles. The Morgan fingerprint density at radius 3 is 2.25 bits per heavy atom. The van der Waals surface area contributed by atoms with Crippen LogP contribution in [0, 0.1) is 0 Å². The molecule has 3 nitrogen and oxygen atoms in total. The van der Waals surface area contributed by atoms with Crippen LogP contribution in [0.25, 0.3) is 0 Å². The van der Waals surface area contributed by atoms with Crippen LogP contribution in [0.3, 0.4) is 0 Å². The van der Waals surface area contributed by atoms with Gasteiger partial charge >= 0.3 is 0 Å². The van der Waals surface area contributed by atoms with Gasteiger partial charge < -0.3 is 5.21 Å². The highest BCUT2D eigenvalue weighted by Gasteiger charge is 2.29. The molecule has 0 aromatic rings. The molecule has 1 aliphatic heterocycles. The summed E-state index contributed by atoms with van der Waals surface area (Å²) in [5, 5.41) is 10.8. The molecule has 1 fully saturated rings. The molecule has 0 bridgehead atoms. The first kappa shape index (κ1) is 9.96. The fraction of sp³-hybridized carbons (Fsp3) is 1.00. The minimum atomic E-state index is 0.232. The third kappa shape index (κ3) is 2.19. The van der Waals surface area contributed by atoms with E-state index in [-0.39, 0.29) is 11.6 Å². The summed E-state index contributed by atoms with van der Waals surface area (Å²) in [5.41, 5.74) is 0.232. The second-order valence-corrected chi connectivity index (χ2v) is 4.63. The molecule has 1 N–H and O–H groups in total. The highest BCUT2D eigenvalue weighted by molar-refractivity contribution is 4.83. The lowest BCUT2D eigenvalue weighted by Gasteiger charge is -2.43. The first-order valence-electron chi connectivity index (χ1n) is 4.62. The van der Waals surface area contributed by atoms with Crippen molar-refractivity contribution in [3.05, 3.63) is 0 Å². The SMILES string of the molecule is C[C@H]1CN(C(C)(C)C)CCN1O. The van der Waals surface area contributed by atoms with Gasteiger partial charge in [-0.05, 0) is 27.7 Å². The standard InChI is InChI=1S/C9H20N2O/c1-8-7-10(9(2,3)4)5-6-11(8)12/h8,12H,5-7H2,1-4H3/t8-/m0/s1. The molecule has 0 amide bonds. The lowest BCUT2D eigenvalue weighted by atomic mass is 10.0. The number of nitrogens with zero attached hydrogens (tertiary/aromatic N) is 2. The van der Waals surface area contributed by atoms with E-state index in [1.165, 1.54) is 5.06 Å². The van der Waals surface area contributed by atoms with Crippen LogP contribution in [0.1, 0.15) is 27.7 Å². The maximum atomic E-state index is 9.37. The summed E-state index contributed by atoms with van der Waals surface area (Å²) in [7, 11) is 0. The van der Waals surface area contributed by atoms with E-state index in [1.54, 1.807) is 0 Å². The van der Waals surface area contributed by atoms with Gasteiger partial charge in [0, 0.05) is 31.2 Å². The molecule has 1 saturated heterocycles. The van der Waals surface area contributed by atoms with Gasteiger partial charge in [-0.25, -0.2) is 0 Å². The third-order valence-corrected chi connectivity index (χ3v) is 2.54. The second kappa shape index (κ2) is 3.32. The quantitative estimate of drug-likeness (QED) is 0.594. The van der Waals surface area contributed by atoms with Gasteiger partial charge in [0.1, 0.15) is 0 Å². The first-order valence-corrected chi connectivity index (χ1v) is 4.62. The van der Waals surface area contributed by atoms with Crippen molar-refractivity contribution >= 4 is 0 Å². The highest BCUT2D eigenvalue weighted by atomic mass is 16.5. The Balaban J connectivity index is 2.51. The van der Waals surface area contributed by atoms with Crippen molar-refractivity contribution in [3.63, 3.8) is 0 Å². The van der Waals surface area contributed by atoms with Crippen LogP contribution < -0.4 is 0 Å². The lowest BCUT2D eigenvalue weighted by Crippen LogP contribution is -2.56. The molecular weight excluding hydrogens is 152 g/mol. The minimum absolute atomic E-state index is 0.232. The summed E-state index contributed by atoms with van der Waals surface area (Å²) in [4.78, 5) is 2.41. The second-order valence-electron chi connectivity index (χ2n) is 4.63. The molecule has 0 spiro atoms. The molecule has 0 unspecified atom stereocenters. The van der Waals surface area contributed by atoms with E-state index in [1.807, 2.05) is 0 Å². The zero-order valence-corrected chi connectivity index (χ0v) is 8.54. The Labute approximate surface area is 74.9 Å². The molecule has 72 valence electrons. The minimum Gasteiger partial charge on any atom is -0.314 e. The van der Waals surface area contributed by atoms with Crippen LogP contribution in [0.4, 0.5) is 0 Å². The maximum Gasteiger partial charge on any atom is 0.0449 e. The van der Waals surface area contributed by atoms with Crippen LogP contribution in [0.15, 0.2) is 0 Å². The van der Waals surface area contributed by atoms with Crippen molar-refractivity contribution in [1.29, 1.82) is 0 Å². The van der Waals surface area contributed by atoms with Crippen molar-refractivity contribution in [2.45, 2.75) is 39.3 Å². The topological polar surface area (TPSA) is 26.7 Å². The lowest BCUT2D eigenvalue weighted by molar-refractivity contribution is -0.159. The molecule has 0 radical (unpaired) electrons. The Hall–Kier alpha value is -0.120. The van der Waals surface area contributed by atoms with Crippen LogP contribution >= 0.6 is 0 Å². The van der Waals surface area contributed by atoms with Crippen molar-refractivity contribution in [1.82, 2.24) is 9.96 Å². The predicted molar refractivity (Wildman–Crippen MR) is 49.3 cm³/mol. The highest BCUT2D eigenvalue weighted by Crippen LogP contribution is 2.17. The number of rotatable bonds is 0. The van der Waals surface area contributed by atoms with Crippen molar-refractivity contribution in [2.24, 2.45) is 0 Å². The van der Waals surface area contributed by atoms with Gasteiger partial charge in [0.15, 0.2) is 0 Å². The van der Waals surface area contributed by atoms with Gasteiger partial charge in [-0.2, -0.15) is 5.06 Å². The van der Waals surface area contributed by atoms with Crippen LogP contribution in [-0.4, -0.2) is 46.4 Å². The largest absolute Gasteiger partial charge is 0.314 e. The molecular formula is C9H20N2O. The summed E-state index contributed by atoms with van der Waals surface area (Å²) in [6, 6.07) is 0.262. The number of hydrogen-bond acceptors (Lipinski definition) is 3. The third-order valence-electron chi connectivity index (χ3n) is 2.54. The molecule has 12 heavy (non-hydrogen) atoms. The molecule has 0 saturated carbocycles. The zero-order chi connectivity index (χ0) is 9.35. The van der Waals surface area contributed by atoms with E-state index in [4.69, 9.17) is 0 Å². The molecule has 1 aliphatic rings.